The summed E-state index contributed by atoms with van der Waals surface area (Å²) in [5.41, 5.74) is 0.656. The van der Waals surface area contributed by atoms with Gasteiger partial charge in [-0.05, 0) is 17.9 Å². The second kappa shape index (κ2) is 7.84. The Morgan fingerprint density at radius 2 is 1.74 bits per heavy atom. The summed E-state index contributed by atoms with van der Waals surface area (Å²) >= 11 is 12.1. The molecule has 124 valence electrons. The molecule has 23 heavy (non-hydrogen) atoms. The highest BCUT2D eigenvalue weighted by molar-refractivity contribution is 6.30. The first-order valence-corrected chi connectivity index (χ1v) is 8.51. The van der Waals surface area contributed by atoms with Crippen molar-refractivity contribution in [1.29, 1.82) is 0 Å². The summed E-state index contributed by atoms with van der Waals surface area (Å²) in [5, 5.41) is 0.226. The van der Waals surface area contributed by atoms with Crippen molar-refractivity contribution >= 4 is 23.2 Å². The maximum absolute atomic E-state index is 12.7. The fourth-order valence-electron chi connectivity index (χ4n) is 2.50. The molecule has 2 rings (SSSR count). The SMILES string of the molecule is CC(C)c1c(Cl)n(CCCCl)c(=O)n(Cc2ccccc2)c1=O. The molecular formula is C17H20Cl2N2O2. The molecule has 4 nitrogen and oxygen atoms in total. The van der Waals surface area contributed by atoms with Crippen LogP contribution in [0.5, 0.6) is 0 Å². The van der Waals surface area contributed by atoms with Gasteiger partial charge in [-0.3, -0.25) is 13.9 Å². The Hall–Kier alpha value is -1.52. The Morgan fingerprint density at radius 1 is 1.09 bits per heavy atom. The maximum atomic E-state index is 12.7. The summed E-state index contributed by atoms with van der Waals surface area (Å²) < 4.78 is 2.70. The lowest BCUT2D eigenvalue weighted by atomic mass is 10.1. The first-order valence-electron chi connectivity index (χ1n) is 7.60. The van der Waals surface area contributed by atoms with Crippen LogP contribution in [0.25, 0.3) is 0 Å². The molecule has 0 saturated carbocycles. The van der Waals surface area contributed by atoms with Crippen LogP contribution >= 0.6 is 23.2 Å². The standard InChI is InChI=1S/C17H20Cl2N2O2/c1-12(2)14-15(19)20(10-6-9-18)17(23)21(16(14)22)11-13-7-4-3-5-8-13/h3-5,7-8,12H,6,9-11H2,1-2H3. The van der Waals surface area contributed by atoms with E-state index in [4.69, 9.17) is 23.2 Å². The maximum Gasteiger partial charge on any atom is 0.332 e. The van der Waals surface area contributed by atoms with Crippen LogP contribution < -0.4 is 11.2 Å². The van der Waals surface area contributed by atoms with E-state index in [0.717, 1.165) is 5.56 Å². The van der Waals surface area contributed by atoms with Gasteiger partial charge in [0.15, 0.2) is 0 Å². The van der Waals surface area contributed by atoms with E-state index in [9.17, 15) is 9.59 Å². The van der Waals surface area contributed by atoms with Crippen molar-refractivity contribution in [2.24, 2.45) is 0 Å². The summed E-state index contributed by atoms with van der Waals surface area (Å²) in [5.74, 6) is 0.359. The highest BCUT2D eigenvalue weighted by Crippen LogP contribution is 2.19. The average molecular weight is 355 g/mol. The number of aromatic nitrogens is 2. The van der Waals surface area contributed by atoms with Crippen LogP contribution in [0.2, 0.25) is 5.15 Å². The molecule has 0 bridgehead atoms. The number of hydrogen-bond donors (Lipinski definition) is 0. The Bertz CT molecular complexity index is 780. The summed E-state index contributed by atoms with van der Waals surface area (Å²) in [7, 11) is 0. The van der Waals surface area contributed by atoms with Gasteiger partial charge in [-0.1, -0.05) is 55.8 Å². The zero-order valence-electron chi connectivity index (χ0n) is 13.3. The predicted octanol–water partition coefficient (Wildman–Crippen LogP) is 3.46. The molecule has 0 N–H and O–H groups in total. The minimum Gasteiger partial charge on any atom is -0.283 e. The number of hydrogen-bond acceptors (Lipinski definition) is 2. The van der Waals surface area contributed by atoms with E-state index >= 15 is 0 Å². The third kappa shape index (κ3) is 3.88. The van der Waals surface area contributed by atoms with Gasteiger partial charge in [-0.2, -0.15) is 0 Å². The zero-order valence-corrected chi connectivity index (χ0v) is 14.8. The normalized spacial score (nSPS) is 11.2. The first kappa shape index (κ1) is 17.8. The largest absolute Gasteiger partial charge is 0.332 e. The van der Waals surface area contributed by atoms with Crippen molar-refractivity contribution in [2.75, 3.05) is 5.88 Å². The van der Waals surface area contributed by atoms with Gasteiger partial charge < -0.3 is 0 Å². The van der Waals surface area contributed by atoms with Crippen molar-refractivity contribution in [1.82, 2.24) is 9.13 Å². The Morgan fingerprint density at radius 3 is 2.30 bits per heavy atom. The first-order chi connectivity index (χ1) is 11.0. The average Bonchev–Trinajstić information content (AvgIpc) is 2.52. The molecule has 6 heteroatoms. The number of rotatable bonds is 6. The van der Waals surface area contributed by atoms with E-state index in [-0.39, 0.29) is 23.2 Å². The molecule has 0 saturated heterocycles. The van der Waals surface area contributed by atoms with Crippen LogP contribution in [-0.4, -0.2) is 15.0 Å². The number of benzene rings is 1. The lowest BCUT2D eigenvalue weighted by Gasteiger charge is -2.17. The van der Waals surface area contributed by atoms with Crippen LogP contribution in [0.1, 0.15) is 37.3 Å². The minimum absolute atomic E-state index is 0.0696. The predicted molar refractivity (Wildman–Crippen MR) is 94.9 cm³/mol. The fourth-order valence-corrected chi connectivity index (χ4v) is 3.07. The van der Waals surface area contributed by atoms with E-state index in [1.165, 1.54) is 9.13 Å². The molecule has 1 aromatic carbocycles. The monoisotopic (exact) mass is 354 g/mol. The molecule has 2 aromatic rings. The molecule has 0 radical (unpaired) electrons. The van der Waals surface area contributed by atoms with Gasteiger partial charge in [-0.15, -0.1) is 11.6 Å². The van der Waals surface area contributed by atoms with Gasteiger partial charge in [0.25, 0.3) is 5.56 Å². The minimum atomic E-state index is -0.390. The molecule has 0 unspecified atom stereocenters. The van der Waals surface area contributed by atoms with E-state index in [0.29, 0.717) is 24.4 Å². The number of nitrogens with zero attached hydrogens (tertiary/aromatic N) is 2. The van der Waals surface area contributed by atoms with E-state index in [1.807, 2.05) is 44.2 Å². The van der Waals surface area contributed by atoms with Crippen molar-refractivity contribution in [2.45, 2.75) is 39.3 Å². The number of alkyl halides is 1. The van der Waals surface area contributed by atoms with Gasteiger partial charge in [0.05, 0.1) is 12.1 Å². The third-order valence-electron chi connectivity index (χ3n) is 3.67. The Balaban J connectivity index is 2.63. The summed E-state index contributed by atoms with van der Waals surface area (Å²) in [6.45, 7) is 4.42. The second-order valence-corrected chi connectivity index (χ2v) is 6.45. The van der Waals surface area contributed by atoms with Gasteiger partial charge in [0.1, 0.15) is 5.15 Å². The smallest absolute Gasteiger partial charge is 0.283 e. The van der Waals surface area contributed by atoms with Gasteiger partial charge >= 0.3 is 5.69 Å². The molecular weight excluding hydrogens is 335 g/mol. The van der Waals surface area contributed by atoms with Crippen molar-refractivity contribution < 1.29 is 0 Å². The molecule has 0 amide bonds. The lowest BCUT2D eigenvalue weighted by Crippen LogP contribution is -2.42. The van der Waals surface area contributed by atoms with Crippen molar-refractivity contribution in [3.05, 3.63) is 67.4 Å². The molecule has 0 fully saturated rings. The summed E-state index contributed by atoms with van der Waals surface area (Å²) in [6.07, 6.45) is 0.613. The summed E-state index contributed by atoms with van der Waals surface area (Å²) in [6, 6.07) is 9.43. The van der Waals surface area contributed by atoms with Crippen LogP contribution in [0.15, 0.2) is 39.9 Å². The van der Waals surface area contributed by atoms with E-state index in [2.05, 4.69) is 0 Å². The van der Waals surface area contributed by atoms with Crippen LogP contribution in [0, 0.1) is 0 Å². The van der Waals surface area contributed by atoms with Gasteiger partial charge in [0.2, 0.25) is 0 Å². The molecule has 1 heterocycles. The Labute approximate surface area is 145 Å². The highest BCUT2D eigenvalue weighted by atomic mass is 35.5. The van der Waals surface area contributed by atoms with E-state index < -0.39 is 5.69 Å². The number of halogens is 2. The molecule has 0 spiro atoms. The quantitative estimate of drug-likeness (QED) is 0.588. The van der Waals surface area contributed by atoms with Crippen LogP contribution in [0.4, 0.5) is 0 Å². The topological polar surface area (TPSA) is 44.0 Å². The lowest BCUT2D eigenvalue weighted by molar-refractivity contribution is 0.558. The van der Waals surface area contributed by atoms with E-state index in [1.54, 1.807) is 0 Å². The molecule has 0 atom stereocenters. The fraction of sp³-hybridized carbons (Fsp3) is 0.412. The zero-order chi connectivity index (χ0) is 17.0. The van der Waals surface area contributed by atoms with Gasteiger partial charge in [0, 0.05) is 12.4 Å². The second-order valence-electron chi connectivity index (χ2n) is 5.71. The highest BCUT2D eigenvalue weighted by Gasteiger charge is 2.19. The van der Waals surface area contributed by atoms with Crippen molar-refractivity contribution in [3.8, 4) is 0 Å². The third-order valence-corrected chi connectivity index (χ3v) is 4.35. The molecule has 0 aliphatic heterocycles. The van der Waals surface area contributed by atoms with Crippen molar-refractivity contribution in [3.63, 3.8) is 0 Å². The molecule has 1 aromatic heterocycles. The van der Waals surface area contributed by atoms with Crippen LogP contribution in [-0.2, 0) is 13.1 Å². The molecule has 0 aliphatic rings. The summed E-state index contributed by atoms with van der Waals surface area (Å²) in [4.78, 5) is 25.4. The Kier molecular flexibility index (Phi) is 6.08. The van der Waals surface area contributed by atoms with Gasteiger partial charge in [-0.25, -0.2) is 4.79 Å². The molecule has 0 aliphatic carbocycles. The van der Waals surface area contributed by atoms with Crippen LogP contribution in [0.3, 0.4) is 0 Å².